The van der Waals surface area contributed by atoms with Gasteiger partial charge in [-0.05, 0) is 50.9 Å². The van der Waals surface area contributed by atoms with Crippen molar-refractivity contribution in [2.45, 2.75) is 64.3 Å². The molecule has 1 unspecified atom stereocenters. The molecule has 1 saturated carbocycles. The van der Waals surface area contributed by atoms with Crippen LogP contribution < -0.4 is 0 Å². The minimum Gasteiger partial charge on any atom is -0.381 e. The van der Waals surface area contributed by atoms with E-state index >= 15 is 0 Å². The van der Waals surface area contributed by atoms with Crippen LogP contribution in [-0.2, 0) is 4.74 Å². The quantitative estimate of drug-likeness (QED) is 0.857. The topological polar surface area (TPSA) is 57.3 Å². The Hall–Kier alpha value is -0.980. The van der Waals surface area contributed by atoms with E-state index in [2.05, 4.69) is 20.0 Å². The second-order valence-electron chi connectivity index (χ2n) is 8.94. The number of rotatable bonds is 5. The summed E-state index contributed by atoms with van der Waals surface area (Å²) in [5.74, 6) is 3.61. The Balaban J connectivity index is 1.41. The van der Waals surface area contributed by atoms with Gasteiger partial charge in [0.1, 0.15) is 5.82 Å². The summed E-state index contributed by atoms with van der Waals surface area (Å²) < 4.78 is 5.57. The van der Waals surface area contributed by atoms with Crippen LogP contribution in [0.3, 0.4) is 0 Å². The molecule has 1 N–H and O–H groups in total. The lowest BCUT2D eigenvalue weighted by atomic mass is 9.89. The Morgan fingerprint density at radius 3 is 2.44 bits per heavy atom. The molecule has 3 fully saturated rings. The van der Waals surface area contributed by atoms with Gasteiger partial charge in [0.05, 0.1) is 6.04 Å². The average molecular weight is 376 g/mol. The Morgan fingerprint density at radius 2 is 1.70 bits per heavy atom. The molecule has 6 nitrogen and oxygen atoms in total. The number of nitrogens with one attached hydrogen (secondary N) is 1. The lowest BCUT2D eigenvalue weighted by Gasteiger charge is -2.33. The van der Waals surface area contributed by atoms with Crippen molar-refractivity contribution in [1.29, 1.82) is 0 Å². The van der Waals surface area contributed by atoms with Crippen molar-refractivity contribution >= 4 is 0 Å². The van der Waals surface area contributed by atoms with Crippen LogP contribution in [0.5, 0.6) is 0 Å². The van der Waals surface area contributed by atoms with Crippen molar-refractivity contribution in [2.75, 3.05) is 45.9 Å². The van der Waals surface area contributed by atoms with E-state index < -0.39 is 0 Å². The zero-order valence-corrected chi connectivity index (χ0v) is 17.0. The molecule has 0 spiro atoms. The second kappa shape index (κ2) is 9.48. The van der Waals surface area contributed by atoms with Gasteiger partial charge in [-0.3, -0.25) is 10.00 Å². The fourth-order valence-corrected chi connectivity index (χ4v) is 5.22. The molecule has 0 amide bonds. The molecule has 0 bridgehead atoms. The first-order chi connectivity index (χ1) is 13.3. The predicted molar refractivity (Wildman–Crippen MR) is 107 cm³/mol. The SMILES string of the molecule is Cc1nc(C2CCN(CC3CCCCC3)CCN2CC2CCOCC2)n[nH]1. The van der Waals surface area contributed by atoms with Gasteiger partial charge in [-0.2, -0.15) is 5.10 Å². The average Bonchev–Trinajstić information content (AvgIpc) is 3.03. The third kappa shape index (κ3) is 5.30. The van der Waals surface area contributed by atoms with Gasteiger partial charge >= 0.3 is 0 Å². The lowest BCUT2D eigenvalue weighted by molar-refractivity contribution is 0.0451. The summed E-state index contributed by atoms with van der Waals surface area (Å²) in [5, 5.41) is 7.61. The van der Waals surface area contributed by atoms with Crippen molar-refractivity contribution in [3.8, 4) is 0 Å². The van der Waals surface area contributed by atoms with E-state index in [1.807, 2.05) is 6.92 Å². The molecule has 2 saturated heterocycles. The van der Waals surface area contributed by atoms with Crippen LogP contribution in [0.15, 0.2) is 0 Å². The molecule has 2 aliphatic heterocycles. The maximum atomic E-state index is 5.57. The van der Waals surface area contributed by atoms with E-state index in [0.29, 0.717) is 6.04 Å². The molecule has 27 heavy (non-hydrogen) atoms. The molecule has 3 aliphatic rings. The highest BCUT2D eigenvalue weighted by Gasteiger charge is 2.31. The standard InChI is InChI=1S/C21H37N5O/c1-17-22-21(24-23-17)20-7-10-25(15-18-5-3-2-4-6-18)11-12-26(20)16-19-8-13-27-14-9-19/h18-20H,2-16H2,1H3,(H,22,23,24). The Bertz CT molecular complexity index is 565. The van der Waals surface area contributed by atoms with E-state index in [9.17, 15) is 0 Å². The summed E-state index contributed by atoms with van der Waals surface area (Å²) in [6.45, 7) is 9.84. The van der Waals surface area contributed by atoms with Gasteiger partial charge in [0.25, 0.3) is 0 Å². The molecule has 1 aliphatic carbocycles. The van der Waals surface area contributed by atoms with Gasteiger partial charge in [-0.25, -0.2) is 4.98 Å². The highest BCUT2D eigenvalue weighted by atomic mass is 16.5. The monoisotopic (exact) mass is 375 g/mol. The molecule has 152 valence electrons. The van der Waals surface area contributed by atoms with Crippen molar-refractivity contribution in [3.05, 3.63) is 11.6 Å². The Labute approximate surface area is 164 Å². The van der Waals surface area contributed by atoms with Crippen LogP contribution in [0, 0.1) is 18.8 Å². The largest absolute Gasteiger partial charge is 0.381 e. The van der Waals surface area contributed by atoms with Crippen molar-refractivity contribution in [1.82, 2.24) is 25.0 Å². The van der Waals surface area contributed by atoms with Crippen LogP contribution in [0.1, 0.15) is 69.1 Å². The van der Waals surface area contributed by atoms with Crippen LogP contribution >= 0.6 is 0 Å². The number of nitrogens with zero attached hydrogens (tertiary/aromatic N) is 4. The number of aromatic amines is 1. The van der Waals surface area contributed by atoms with Gasteiger partial charge in [-0.1, -0.05) is 19.3 Å². The maximum absolute atomic E-state index is 5.57. The number of hydrogen-bond donors (Lipinski definition) is 1. The van der Waals surface area contributed by atoms with Crippen molar-refractivity contribution in [2.24, 2.45) is 11.8 Å². The van der Waals surface area contributed by atoms with Crippen LogP contribution in [0.2, 0.25) is 0 Å². The normalized spacial score (nSPS) is 27.7. The number of ether oxygens (including phenoxy) is 1. The Morgan fingerprint density at radius 1 is 0.926 bits per heavy atom. The van der Waals surface area contributed by atoms with E-state index in [-0.39, 0.29) is 0 Å². The van der Waals surface area contributed by atoms with Crippen molar-refractivity contribution < 1.29 is 4.74 Å². The molecule has 1 atom stereocenters. The minimum absolute atomic E-state index is 0.356. The predicted octanol–water partition coefficient (Wildman–Crippen LogP) is 3.17. The minimum atomic E-state index is 0.356. The number of aryl methyl sites for hydroxylation is 1. The first-order valence-corrected chi connectivity index (χ1v) is 11.2. The smallest absolute Gasteiger partial charge is 0.167 e. The van der Waals surface area contributed by atoms with E-state index in [4.69, 9.17) is 9.72 Å². The summed E-state index contributed by atoms with van der Waals surface area (Å²) in [5.41, 5.74) is 0. The lowest BCUT2D eigenvalue weighted by Crippen LogP contribution is -2.38. The van der Waals surface area contributed by atoms with Crippen molar-refractivity contribution in [3.63, 3.8) is 0 Å². The summed E-state index contributed by atoms with van der Waals surface area (Å²) in [6.07, 6.45) is 10.7. The number of hydrogen-bond acceptors (Lipinski definition) is 5. The molecule has 3 heterocycles. The molecule has 1 aromatic rings. The molecule has 4 rings (SSSR count). The van der Waals surface area contributed by atoms with E-state index in [1.165, 1.54) is 71.1 Å². The molecule has 6 heteroatoms. The molecular weight excluding hydrogens is 338 g/mol. The highest BCUT2D eigenvalue weighted by Crippen LogP contribution is 2.29. The van der Waals surface area contributed by atoms with Crippen LogP contribution in [0.25, 0.3) is 0 Å². The summed E-state index contributed by atoms with van der Waals surface area (Å²) >= 11 is 0. The van der Waals surface area contributed by atoms with Gasteiger partial charge in [0.2, 0.25) is 0 Å². The van der Waals surface area contributed by atoms with E-state index in [0.717, 1.165) is 49.7 Å². The first-order valence-electron chi connectivity index (χ1n) is 11.2. The zero-order chi connectivity index (χ0) is 18.5. The van der Waals surface area contributed by atoms with Gasteiger partial charge in [0.15, 0.2) is 5.82 Å². The zero-order valence-electron chi connectivity index (χ0n) is 17.0. The van der Waals surface area contributed by atoms with E-state index in [1.54, 1.807) is 0 Å². The Kier molecular flexibility index (Phi) is 6.79. The highest BCUT2D eigenvalue weighted by molar-refractivity contribution is 4.98. The summed E-state index contributed by atoms with van der Waals surface area (Å²) in [4.78, 5) is 10.1. The molecule has 1 aromatic heterocycles. The van der Waals surface area contributed by atoms with Gasteiger partial charge in [0, 0.05) is 45.9 Å². The third-order valence-corrected chi connectivity index (χ3v) is 6.85. The maximum Gasteiger partial charge on any atom is 0.167 e. The second-order valence-corrected chi connectivity index (χ2v) is 8.94. The number of aromatic nitrogens is 3. The molecular formula is C21H37N5O. The fourth-order valence-electron chi connectivity index (χ4n) is 5.22. The van der Waals surface area contributed by atoms with Gasteiger partial charge < -0.3 is 9.64 Å². The van der Waals surface area contributed by atoms with Crippen LogP contribution in [0.4, 0.5) is 0 Å². The summed E-state index contributed by atoms with van der Waals surface area (Å²) in [6, 6.07) is 0.356. The third-order valence-electron chi connectivity index (χ3n) is 6.85. The molecule has 0 radical (unpaired) electrons. The van der Waals surface area contributed by atoms with Gasteiger partial charge in [-0.15, -0.1) is 0 Å². The fraction of sp³-hybridized carbons (Fsp3) is 0.905. The van der Waals surface area contributed by atoms with Crippen LogP contribution in [-0.4, -0.2) is 70.9 Å². The molecule has 0 aromatic carbocycles. The number of H-pyrrole nitrogens is 1. The first kappa shape index (κ1) is 19.3. The summed E-state index contributed by atoms with van der Waals surface area (Å²) in [7, 11) is 0.